The topological polar surface area (TPSA) is 48.5 Å². The van der Waals surface area contributed by atoms with Gasteiger partial charge in [-0.3, -0.25) is 4.98 Å². The molecule has 0 atom stereocenters. The highest BCUT2D eigenvalue weighted by Crippen LogP contribution is 2.26. The molecule has 0 unspecified atom stereocenters. The van der Waals surface area contributed by atoms with Crippen molar-refractivity contribution >= 4 is 49.6 Å². The Morgan fingerprint density at radius 3 is 2.77 bits per heavy atom. The van der Waals surface area contributed by atoms with Crippen LogP contribution in [0.4, 0.5) is 4.39 Å². The standard InChI is InChI=1S/C18H14BrFIN5/c19-17-9-23-11-25(17)10-12-5-13(8-22-7-12)18-24-15-2-1-14(21)6-16(15)26(18)4-3-20/h1-2,5-9,11H,3-4,10H2. The highest BCUT2D eigenvalue weighted by atomic mass is 127. The van der Waals surface area contributed by atoms with Gasteiger partial charge in [0.1, 0.15) is 17.1 Å². The van der Waals surface area contributed by atoms with Crippen LogP contribution in [0.15, 0.2) is 53.8 Å². The molecule has 0 aliphatic heterocycles. The van der Waals surface area contributed by atoms with Gasteiger partial charge in [0.05, 0.1) is 36.6 Å². The number of aromatic nitrogens is 5. The van der Waals surface area contributed by atoms with E-state index in [9.17, 15) is 4.39 Å². The third kappa shape index (κ3) is 3.39. The van der Waals surface area contributed by atoms with E-state index in [2.05, 4.69) is 48.5 Å². The van der Waals surface area contributed by atoms with Crippen LogP contribution in [-0.4, -0.2) is 30.8 Å². The molecule has 0 radical (unpaired) electrons. The fourth-order valence-electron chi connectivity index (χ4n) is 2.94. The Kier molecular flexibility index (Phi) is 5.03. The van der Waals surface area contributed by atoms with E-state index in [-0.39, 0.29) is 6.54 Å². The lowest BCUT2D eigenvalue weighted by Crippen LogP contribution is -2.04. The Labute approximate surface area is 171 Å². The third-order valence-electron chi connectivity index (χ3n) is 4.09. The fraction of sp³-hybridized carbons (Fsp3) is 0.167. The number of rotatable bonds is 5. The number of hydrogen-bond acceptors (Lipinski definition) is 3. The average molecular weight is 526 g/mol. The smallest absolute Gasteiger partial charge is 0.142 e. The number of halogens is 3. The van der Waals surface area contributed by atoms with E-state index >= 15 is 0 Å². The highest BCUT2D eigenvalue weighted by molar-refractivity contribution is 14.1. The second-order valence-electron chi connectivity index (χ2n) is 5.84. The van der Waals surface area contributed by atoms with E-state index in [0.29, 0.717) is 6.54 Å². The zero-order valence-electron chi connectivity index (χ0n) is 13.6. The molecule has 1 aromatic carbocycles. The van der Waals surface area contributed by atoms with Crippen molar-refractivity contribution in [2.24, 2.45) is 0 Å². The number of nitrogens with zero attached hydrogens (tertiary/aromatic N) is 5. The van der Waals surface area contributed by atoms with Gasteiger partial charge < -0.3 is 9.13 Å². The summed E-state index contributed by atoms with van der Waals surface area (Å²) in [5, 5.41) is 0. The maximum atomic E-state index is 13.2. The summed E-state index contributed by atoms with van der Waals surface area (Å²) in [6, 6.07) is 8.04. The molecule has 0 amide bonds. The van der Waals surface area contributed by atoms with Crippen LogP contribution in [0, 0.1) is 3.57 Å². The van der Waals surface area contributed by atoms with Gasteiger partial charge in [-0.2, -0.15) is 0 Å². The van der Waals surface area contributed by atoms with Crippen molar-refractivity contribution in [1.29, 1.82) is 0 Å². The molecule has 26 heavy (non-hydrogen) atoms. The summed E-state index contributed by atoms with van der Waals surface area (Å²) in [7, 11) is 0. The summed E-state index contributed by atoms with van der Waals surface area (Å²) >= 11 is 5.73. The van der Waals surface area contributed by atoms with Gasteiger partial charge in [0.2, 0.25) is 0 Å². The van der Waals surface area contributed by atoms with E-state index in [1.807, 2.05) is 39.6 Å². The molecule has 0 N–H and O–H groups in total. The van der Waals surface area contributed by atoms with Crippen LogP contribution in [0.5, 0.6) is 0 Å². The maximum Gasteiger partial charge on any atom is 0.142 e. The molecule has 0 spiro atoms. The summed E-state index contributed by atoms with van der Waals surface area (Å²) < 4.78 is 19.1. The van der Waals surface area contributed by atoms with Crippen LogP contribution in [0.3, 0.4) is 0 Å². The number of pyridine rings is 1. The van der Waals surface area contributed by atoms with Crippen molar-refractivity contribution in [2.75, 3.05) is 6.67 Å². The number of imidazole rings is 2. The molecule has 0 fully saturated rings. The Morgan fingerprint density at radius 2 is 2.00 bits per heavy atom. The molecule has 5 nitrogen and oxygen atoms in total. The molecule has 3 aromatic heterocycles. The zero-order chi connectivity index (χ0) is 18.1. The fourth-order valence-corrected chi connectivity index (χ4v) is 3.75. The van der Waals surface area contributed by atoms with Gasteiger partial charge in [0.15, 0.2) is 0 Å². The first-order chi connectivity index (χ1) is 12.7. The van der Waals surface area contributed by atoms with Crippen molar-refractivity contribution in [3.05, 3.63) is 62.9 Å². The van der Waals surface area contributed by atoms with Gasteiger partial charge in [-0.25, -0.2) is 14.4 Å². The van der Waals surface area contributed by atoms with Gasteiger partial charge >= 0.3 is 0 Å². The molecule has 0 bridgehead atoms. The molecule has 0 aliphatic carbocycles. The number of benzene rings is 1. The van der Waals surface area contributed by atoms with Gasteiger partial charge in [-0.15, -0.1) is 0 Å². The van der Waals surface area contributed by atoms with E-state index in [1.54, 1.807) is 18.7 Å². The van der Waals surface area contributed by atoms with E-state index in [1.165, 1.54) is 0 Å². The zero-order valence-corrected chi connectivity index (χ0v) is 17.4. The predicted molar refractivity (Wildman–Crippen MR) is 111 cm³/mol. The van der Waals surface area contributed by atoms with E-state index in [0.717, 1.165) is 36.2 Å². The molecule has 0 saturated heterocycles. The highest BCUT2D eigenvalue weighted by Gasteiger charge is 2.14. The van der Waals surface area contributed by atoms with Gasteiger partial charge in [0.25, 0.3) is 0 Å². The quantitative estimate of drug-likeness (QED) is 0.355. The van der Waals surface area contributed by atoms with Crippen molar-refractivity contribution in [3.63, 3.8) is 0 Å². The Balaban J connectivity index is 1.78. The Bertz CT molecular complexity index is 1070. The number of alkyl halides is 1. The van der Waals surface area contributed by atoms with Crippen molar-refractivity contribution < 1.29 is 4.39 Å². The normalized spacial score (nSPS) is 11.3. The third-order valence-corrected chi connectivity index (χ3v) is 5.42. The first kappa shape index (κ1) is 17.6. The number of aryl methyl sites for hydroxylation is 1. The molecule has 3 heterocycles. The molecule has 4 rings (SSSR count). The molecule has 0 saturated carbocycles. The monoisotopic (exact) mass is 525 g/mol. The molecular weight excluding hydrogens is 512 g/mol. The molecule has 0 aliphatic rings. The SMILES string of the molecule is FCCn1c(-c2cncc(Cn3cncc3Br)c2)nc2ccc(I)cc21. The molecule has 8 heteroatoms. The lowest BCUT2D eigenvalue weighted by atomic mass is 10.2. The second kappa shape index (κ2) is 7.43. The summed E-state index contributed by atoms with van der Waals surface area (Å²) in [5.74, 6) is 0.735. The van der Waals surface area contributed by atoms with Gasteiger partial charge in [-0.1, -0.05) is 0 Å². The summed E-state index contributed by atoms with van der Waals surface area (Å²) in [6.45, 7) is 0.463. The van der Waals surface area contributed by atoms with Crippen LogP contribution in [-0.2, 0) is 13.1 Å². The van der Waals surface area contributed by atoms with Crippen LogP contribution in [0.2, 0.25) is 0 Å². The summed E-state index contributed by atoms with van der Waals surface area (Å²) in [5.41, 5.74) is 3.69. The lowest BCUT2D eigenvalue weighted by molar-refractivity contribution is 0.451. The average Bonchev–Trinajstić information content (AvgIpc) is 3.20. The lowest BCUT2D eigenvalue weighted by Gasteiger charge is -2.09. The molecular formula is C18H14BrFIN5. The van der Waals surface area contributed by atoms with E-state index < -0.39 is 6.67 Å². The molecule has 132 valence electrons. The van der Waals surface area contributed by atoms with Crippen molar-refractivity contribution in [2.45, 2.75) is 13.1 Å². The van der Waals surface area contributed by atoms with Crippen LogP contribution < -0.4 is 0 Å². The summed E-state index contributed by atoms with van der Waals surface area (Å²) in [4.78, 5) is 13.2. The number of hydrogen-bond donors (Lipinski definition) is 0. The summed E-state index contributed by atoms with van der Waals surface area (Å²) in [6.07, 6.45) is 7.10. The minimum Gasteiger partial charge on any atom is -0.321 e. The van der Waals surface area contributed by atoms with Crippen molar-refractivity contribution in [1.82, 2.24) is 24.1 Å². The number of fused-ring (bicyclic) bond motifs is 1. The van der Waals surface area contributed by atoms with Gasteiger partial charge in [0, 0.05) is 21.5 Å². The minimum absolute atomic E-state index is 0.267. The van der Waals surface area contributed by atoms with Crippen LogP contribution in [0.25, 0.3) is 22.4 Å². The predicted octanol–water partition coefficient (Wildman–Crippen LogP) is 4.68. The van der Waals surface area contributed by atoms with E-state index in [4.69, 9.17) is 4.98 Å². The molecule has 4 aromatic rings. The largest absolute Gasteiger partial charge is 0.321 e. The first-order valence-electron chi connectivity index (χ1n) is 7.97. The second-order valence-corrected chi connectivity index (χ2v) is 7.89. The van der Waals surface area contributed by atoms with Crippen LogP contribution >= 0.6 is 38.5 Å². The Hall–Kier alpha value is -1.81. The minimum atomic E-state index is -0.445. The van der Waals surface area contributed by atoms with Crippen LogP contribution in [0.1, 0.15) is 5.56 Å². The van der Waals surface area contributed by atoms with Gasteiger partial charge in [-0.05, 0) is 68.3 Å². The van der Waals surface area contributed by atoms with Crippen molar-refractivity contribution in [3.8, 4) is 11.4 Å². The first-order valence-corrected chi connectivity index (χ1v) is 9.84. The maximum absolute atomic E-state index is 13.2. The Morgan fingerprint density at radius 1 is 1.12 bits per heavy atom.